The van der Waals surface area contributed by atoms with Gasteiger partial charge < -0.3 is 5.73 Å². The number of carbonyl (C=O) groups is 1. The number of aromatic nitrogens is 2. The number of nitrogens with two attached hydrogens (primary N) is 1. The van der Waals surface area contributed by atoms with Gasteiger partial charge in [-0.2, -0.15) is 5.10 Å². The Hall–Kier alpha value is -2.69. The number of carbonyl (C=O) groups excluding carboxylic acids is 1. The predicted molar refractivity (Wildman–Crippen MR) is 78.1 cm³/mol. The highest BCUT2D eigenvalue weighted by Crippen LogP contribution is 2.24. The average Bonchev–Trinajstić information content (AvgIpc) is 2.93. The number of rotatable bonds is 4. The van der Waals surface area contributed by atoms with E-state index >= 15 is 0 Å². The van der Waals surface area contributed by atoms with Crippen LogP contribution in [0.25, 0.3) is 10.9 Å². The van der Waals surface area contributed by atoms with Crippen molar-refractivity contribution in [1.29, 1.82) is 0 Å². The van der Waals surface area contributed by atoms with Gasteiger partial charge in [-0.15, -0.1) is 0 Å². The van der Waals surface area contributed by atoms with Crippen LogP contribution in [0.5, 0.6) is 0 Å². The highest BCUT2D eigenvalue weighted by Gasteiger charge is 2.19. The summed E-state index contributed by atoms with van der Waals surface area (Å²) < 4.78 is 12.9. The summed E-state index contributed by atoms with van der Waals surface area (Å²) in [5.41, 5.74) is 8.14. The van der Waals surface area contributed by atoms with Gasteiger partial charge in [-0.1, -0.05) is 18.2 Å². The Labute approximate surface area is 120 Å². The minimum Gasteiger partial charge on any atom is -0.369 e. The number of fused-ring (bicyclic) bond motifs is 1. The number of nitrogens with zero attached hydrogens (tertiary/aromatic N) is 1. The van der Waals surface area contributed by atoms with E-state index in [4.69, 9.17) is 5.73 Å². The third-order valence-electron chi connectivity index (χ3n) is 3.56. The van der Waals surface area contributed by atoms with Gasteiger partial charge in [-0.25, -0.2) is 4.39 Å². The molecule has 3 aromatic rings. The molecule has 21 heavy (non-hydrogen) atoms. The molecule has 1 atom stereocenters. The molecule has 0 radical (unpaired) electrons. The zero-order valence-electron chi connectivity index (χ0n) is 11.2. The molecular formula is C16H14FN3O. The van der Waals surface area contributed by atoms with Crippen LogP contribution in [0.2, 0.25) is 0 Å². The second-order valence-electron chi connectivity index (χ2n) is 5.00. The Balaban J connectivity index is 1.93. The van der Waals surface area contributed by atoms with Crippen molar-refractivity contribution < 1.29 is 9.18 Å². The van der Waals surface area contributed by atoms with Crippen molar-refractivity contribution in [2.45, 2.75) is 12.3 Å². The van der Waals surface area contributed by atoms with Gasteiger partial charge in [0.25, 0.3) is 0 Å². The van der Waals surface area contributed by atoms with Crippen molar-refractivity contribution in [3.63, 3.8) is 0 Å². The molecule has 4 nitrogen and oxygen atoms in total. The SMILES string of the molecule is NC(=O)C(Cc1ccc(F)cc1)c1ccc2[nH]ncc2c1. The van der Waals surface area contributed by atoms with Crippen LogP contribution in [0.15, 0.2) is 48.7 Å². The largest absolute Gasteiger partial charge is 0.369 e. The van der Waals surface area contributed by atoms with Crippen molar-refractivity contribution in [2.24, 2.45) is 5.73 Å². The van der Waals surface area contributed by atoms with Crippen LogP contribution in [0.3, 0.4) is 0 Å². The number of nitrogens with one attached hydrogen (secondary N) is 1. The van der Waals surface area contributed by atoms with Gasteiger partial charge in [-0.05, 0) is 41.8 Å². The Morgan fingerprint density at radius 3 is 2.71 bits per heavy atom. The van der Waals surface area contributed by atoms with Crippen LogP contribution in [-0.4, -0.2) is 16.1 Å². The van der Waals surface area contributed by atoms with Gasteiger partial charge in [0.2, 0.25) is 5.91 Å². The highest BCUT2D eigenvalue weighted by atomic mass is 19.1. The first kappa shape index (κ1) is 13.3. The van der Waals surface area contributed by atoms with Crippen molar-refractivity contribution in [2.75, 3.05) is 0 Å². The van der Waals surface area contributed by atoms with Crippen LogP contribution >= 0.6 is 0 Å². The summed E-state index contributed by atoms with van der Waals surface area (Å²) in [5.74, 6) is -1.15. The normalized spacial score (nSPS) is 12.4. The van der Waals surface area contributed by atoms with Crippen LogP contribution in [0.1, 0.15) is 17.0 Å². The quantitative estimate of drug-likeness (QED) is 0.772. The number of hydrogen-bond acceptors (Lipinski definition) is 2. The fourth-order valence-electron chi connectivity index (χ4n) is 2.42. The first-order chi connectivity index (χ1) is 10.1. The van der Waals surface area contributed by atoms with E-state index in [1.54, 1.807) is 18.3 Å². The monoisotopic (exact) mass is 283 g/mol. The van der Waals surface area contributed by atoms with Crippen molar-refractivity contribution in [1.82, 2.24) is 10.2 Å². The lowest BCUT2D eigenvalue weighted by Gasteiger charge is -2.14. The molecule has 1 unspecified atom stereocenters. The number of benzene rings is 2. The zero-order chi connectivity index (χ0) is 14.8. The molecule has 1 aromatic heterocycles. The number of aromatic amines is 1. The number of hydrogen-bond donors (Lipinski definition) is 2. The molecule has 1 amide bonds. The van der Waals surface area contributed by atoms with E-state index in [1.165, 1.54) is 12.1 Å². The number of amides is 1. The number of halogens is 1. The molecular weight excluding hydrogens is 269 g/mol. The van der Waals surface area contributed by atoms with Gasteiger partial charge in [-0.3, -0.25) is 9.89 Å². The maximum Gasteiger partial charge on any atom is 0.225 e. The van der Waals surface area contributed by atoms with Crippen molar-refractivity contribution in [3.8, 4) is 0 Å². The summed E-state index contributed by atoms with van der Waals surface area (Å²) in [6.45, 7) is 0. The lowest BCUT2D eigenvalue weighted by molar-refractivity contribution is -0.119. The summed E-state index contributed by atoms with van der Waals surface area (Å²) in [7, 11) is 0. The molecule has 3 N–H and O–H groups in total. The first-order valence-corrected chi connectivity index (χ1v) is 6.60. The average molecular weight is 283 g/mol. The molecule has 0 spiro atoms. The molecule has 0 aliphatic rings. The van der Waals surface area contributed by atoms with Crippen LogP contribution in [0, 0.1) is 5.82 Å². The minimum atomic E-state index is -0.449. The third-order valence-corrected chi connectivity index (χ3v) is 3.56. The molecule has 5 heteroatoms. The van der Waals surface area contributed by atoms with E-state index < -0.39 is 11.8 Å². The summed E-state index contributed by atoms with van der Waals surface area (Å²) >= 11 is 0. The van der Waals surface area contributed by atoms with Gasteiger partial charge in [0.15, 0.2) is 0 Å². The van der Waals surface area contributed by atoms with E-state index in [-0.39, 0.29) is 5.82 Å². The highest BCUT2D eigenvalue weighted by molar-refractivity contribution is 5.85. The number of primary amides is 1. The van der Waals surface area contributed by atoms with Gasteiger partial charge in [0.1, 0.15) is 5.82 Å². The molecule has 106 valence electrons. The molecule has 0 aliphatic carbocycles. The van der Waals surface area contributed by atoms with Gasteiger partial charge >= 0.3 is 0 Å². The summed E-state index contributed by atoms with van der Waals surface area (Å²) in [6, 6.07) is 11.7. The topological polar surface area (TPSA) is 71.8 Å². The van der Waals surface area contributed by atoms with Crippen molar-refractivity contribution in [3.05, 3.63) is 65.6 Å². The predicted octanol–water partition coefficient (Wildman–Crippen LogP) is 2.51. The van der Waals surface area contributed by atoms with Crippen LogP contribution in [0.4, 0.5) is 4.39 Å². The third kappa shape index (κ3) is 2.76. The lowest BCUT2D eigenvalue weighted by atomic mass is 9.91. The van der Waals surface area contributed by atoms with Gasteiger partial charge in [0, 0.05) is 5.39 Å². The van der Waals surface area contributed by atoms with E-state index in [0.29, 0.717) is 6.42 Å². The Kier molecular flexibility index (Phi) is 3.39. The minimum absolute atomic E-state index is 0.297. The van der Waals surface area contributed by atoms with Crippen LogP contribution < -0.4 is 5.73 Å². The fraction of sp³-hybridized carbons (Fsp3) is 0.125. The van der Waals surface area contributed by atoms with E-state index in [9.17, 15) is 9.18 Å². The maximum atomic E-state index is 12.9. The Morgan fingerprint density at radius 1 is 1.24 bits per heavy atom. The molecule has 1 heterocycles. The van der Waals surface area contributed by atoms with Crippen molar-refractivity contribution >= 4 is 16.8 Å². The smallest absolute Gasteiger partial charge is 0.225 e. The van der Waals surface area contributed by atoms with E-state index in [1.807, 2.05) is 18.2 Å². The van der Waals surface area contributed by atoms with E-state index in [0.717, 1.165) is 22.0 Å². The Bertz CT molecular complexity index is 780. The van der Waals surface area contributed by atoms with Gasteiger partial charge in [0.05, 0.1) is 17.6 Å². The lowest BCUT2D eigenvalue weighted by Crippen LogP contribution is -2.23. The second-order valence-corrected chi connectivity index (χ2v) is 5.00. The molecule has 0 saturated carbocycles. The van der Waals surface area contributed by atoms with E-state index in [2.05, 4.69) is 10.2 Å². The molecule has 0 saturated heterocycles. The Morgan fingerprint density at radius 2 is 2.00 bits per heavy atom. The molecule has 0 bridgehead atoms. The zero-order valence-corrected chi connectivity index (χ0v) is 11.2. The molecule has 0 fully saturated rings. The molecule has 3 rings (SSSR count). The first-order valence-electron chi connectivity index (χ1n) is 6.60. The maximum absolute atomic E-state index is 12.9. The summed E-state index contributed by atoms with van der Waals surface area (Å²) in [6.07, 6.45) is 2.15. The summed E-state index contributed by atoms with van der Waals surface area (Å²) in [5, 5.41) is 7.75. The van der Waals surface area contributed by atoms with Crippen LogP contribution in [-0.2, 0) is 11.2 Å². The summed E-state index contributed by atoms with van der Waals surface area (Å²) in [4.78, 5) is 11.8. The fourth-order valence-corrected chi connectivity index (χ4v) is 2.42. The molecule has 0 aliphatic heterocycles. The standard InChI is InChI=1S/C16H14FN3O/c17-13-4-1-10(2-5-13)7-14(16(18)21)11-3-6-15-12(8-11)9-19-20-15/h1-6,8-9,14H,7H2,(H2,18,21)(H,19,20). The molecule has 2 aromatic carbocycles. The number of H-pyrrole nitrogens is 1. The second kappa shape index (κ2) is 5.36.